The summed E-state index contributed by atoms with van der Waals surface area (Å²) in [5.41, 5.74) is 16.5. The molecule has 1 saturated heterocycles. The summed E-state index contributed by atoms with van der Waals surface area (Å²) in [6, 6.07) is -1.27. The lowest BCUT2D eigenvalue weighted by atomic mass is 10.0. The van der Waals surface area contributed by atoms with Crippen molar-refractivity contribution in [2.75, 3.05) is 19.6 Å². The van der Waals surface area contributed by atoms with Crippen LogP contribution in [0.1, 0.15) is 25.7 Å². The lowest BCUT2D eigenvalue weighted by Gasteiger charge is -2.35. The van der Waals surface area contributed by atoms with Gasteiger partial charge in [0, 0.05) is 0 Å². The molecule has 1 fully saturated rings. The zero-order valence-corrected chi connectivity index (χ0v) is 9.52. The third kappa shape index (κ3) is 2.40. The lowest BCUT2D eigenvalue weighted by molar-refractivity contribution is -0.779. The van der Waals surface area contributed by atoms with Crippen molar-refractivity contribution in [1.29, 1.82) is 0 Å². The highest BCUT2D eigenvalue weighted by atomic mass is 16.2. The van der Waals surface area contributed by atoms with Crippen molar-refractivity contribution in [2.45, 2.75) is 31.7 Å². The molecule has 0 spiro atoms. The van der Waals surface area contributed by atoms with E-state index in [0.717, 1.165) is 19.3 Å². The minimum Gasteiger partial charge on any atom is -0.330 e. The fourth-order valence-corrected chi connectivity index (χ4v) is 2.22. The Hall–Kier alpha value is -0.980. The summed E-state index contributed by atoms with van der Waals surface area (Å²) in [6.07, 6.45) is 3.10. The van der Waals surface area contributed by atoms with Crippen molar-refractivity contribution < 1.29 is 14.1 Å². The predicted octanol–water partition coefficient (Wildman–Crippen LogP) is -0.732. The Morgan fingerprint density at radius 1 is 1.19 bits per heavy atom. The number of carbonyl (C=O) groups excluding carboxylic acids is 2. The van der Waals surface area contributed by atoms with Crippen LogP contribution in [0.4, 0.5) is 4.79 Å². The minimum atomic E-state index is -0.685. The molecule has 1 atom stereocenters. The molecule has 0 aromatic rings. The number of rotatable bonds is 3. The number of piperidine rings is 1. The molecular formula is C10H21N4O2+. The summed E-state index contributed by atoms with van der Waals surface area (Å²) in [7, 11) is 0. The van der Waals surface area contributed by atoms with Crippen LogP contribution < -0.4 is 17.2 Å². The first kappa shape index (κ1) is 13.1. The number of amides is 3. The third-order valence-corrected chi connectivity index (χ3v) is 3.22. The molecule has 0 aromatic carbocycles. The monoisotopic (exact) mass is 229 g/mol. The molecule has 6 N–H and O–H groups in total. The second-order valence-electron chi connectivity index (χ2n) is 4.34. The zero-order chi connectivity index (χ0) is 12.2. The van der Waals surface area contributed by atoms with Gasteiger partial charge in [-0.15, -0.1) is 0 Å². The Balaban J connectivity index is 2.84. The molecule has 0 radical (unpaired) electrons. The summed E-state index contributed by atoms with van der Waals surface area (Å²) in [4.78, 5) is 23.7. The van der Waals surface area contributed by atoms with Crippen LogP contribution in [0, 0.1) is 0 Å². The molecule has 1 unspecified atom stereocenters. The minimum absolute atomic E-state index is 0.280. The fraction of sp³-hybridized carbons (Fsp3) is 0.800. The van der Waals surface area contributed by atoms with Crippen LogP contribution >= 0.6 is 0 Å². The largest absolute Gasteiger partial charge is 0.421 e. The van der Waals surface area contributed by atoms with Gasteiger partial charge in [0.15, 0.2) is 0 Å². The van der Waals surface area contributed by atoms with Crippen LogP contribution in [-0.2, 0) is 4.79 Å². The number of carbonyl (C=O) groups is 2. The van der Waals surface area contributed by atoms with Gasteiger partial charge in [0.1, 0.15) is 6.04 Å². The van der Waals surface area contributed by atoms with Crippen LogP contribution in [-0.4, -0.2) is 42.1 Å². The normalized spacial score (nSPS) is 21.4. The van der Waals surface area contributed by atoms with E-state index in [4.69, 9.17) is 17.2 Å². The zero-order valence-electron chi connectivity index (χ0n) is 9.52. The Morgan fingerprint density at radius 2 is 1.75 bits per heavy atom. The van der Waals surface area contributed by atoms with E-state index in [9.17, 15) is 9.59 Å². The number of primary amides is 1. The number of hydrogen-bond donors (Lipinski definition) is 3. The molecule has 3 amide bonds. The van der Waals surface area contributed by atoms with Gasteiger partial charge in [-0.1, -0.05) is 0 Å². The first-order valence-electron chi connectivity index (χ1n) is 5.72. The van der Waals surface area contributed by atoms with Crippen molar-refractivity contribution in [3.05, 3.63) is 0 Å². The van der Waals surface area contributed by atoms with E-state index in [1.807, 2.05) is 0 Å². The van der Waals surface area contributed by atoms with E-state index >= 15 is 0 Å². The average Bonchev–Trinajstić information content (AvgIpc) is 2.29. The van der Waals surface area contributed by atoms with E-state index in [-0.39, 0.29) is 10.4 Å². The second kappa shape index (κ2) is 5.38. The second-order valence-corrected chi connectivity index (χ2v) is 4.34. The van der Waals surface area contributed by atoms with Gasteiger partial charge in [-0.05, 0) is 32.2 Å². The molecule has 0 saturated carbocycles. The number of urea groups is 1. The van der Waals surface area contributed by atoms with E-state index in [0.29, 0.717) is 26.1 Å². The van der Waals surface area contributed by atoms with Crippen LogP contribution in [0.5, 0.6) is 0 Å². The van der Waals surface area contributed by atoms with Gasteiger partial charge in [-0.3, -0.25) is 0 Å². The Bertz CT molecular complexity index is 274. The van der Waals surface area contributed by atoms with E-state index in [2.05, 4.69) is 0 Å². The van der Waals surface area contributed by atoms with E-state index in [1.165, 1.54) is 0 Å². The summed E-state index contributed by atoms with van der Waals surface area (Å²) < 4.78 is -0.291. The van der Waals surface area contributed by atoms with Crippen molar-refractivity contribution in [1.82, 2.24) is 0 Å². The van der Waals surface area contributed by atoms with Crippen LogP contribution in [0.3, 0.4) is 0 Å². The first-order valence-corrected chi connectivity index (χ1v) is 5.72. The number of nitrogens with two attached hydrogens (primary N) is 3. The van der Waals surface area contributed by atoms with Crippen LogP contribution in [0.2, 0.25) is 0 Å². The van der Waals surface area contributed by atoms with Gasteiger partial charge in [-0.2, -0.15) is 4.48 Å². The summed E-state index contributed by atoms with van der Waals surface area (Å²) in [5, 5.41) is 0. The molecule has 1 rings (SSSR count). The molecule has 1 heterocycles. The Kier molecular flexibility index (Phi) is 4.40. The van der Waals surface area contributed by atoms with Crippen molar-refractivity contribution >= 4 is 11.9 Å². The molecular weight excluding hydrogens is 208 g/mol. The number of likely N-dealkylation sites (tertiary alicyclic amines) is 1. The van der Waals surface area contributed by atoms with Gasteiger partial charge in [0.2, 0.25) is 0 Å². The Morgan fingerprint density at radius 3 is 2.19 bits per heavy atom. The highest BCUT2D eigenvalue weighted by Crippen LogP contribution is 2.20. The maximum Gasteiger partial charge on any atom is 0.421 e. The molecule has 6 heteroatoms. The van der Waals surface area contributed by atoms with Gasteiger partial charge in [0.05, 0.1) is 13.1 Å². The number of imide groups is 1. The standard InChI is InChI=1S/C10H20N4O2/c11-5-4-8(12)9(15)14(10(13)16)6-2-1-3-7-14/h8H,1-7,11-12H2,(H-,13,16)/p+1. The maximum atomic E-state index is 12.1. The highest BCUT2D eigenvalue weighted by molar-refractivity contribution is 5.86. The summed E-state index contributed by atoms with van der Waals surface area (Å²) >= 11 is 0. The molecule has 1 aliphatic rings. The first-order chi connectivity index (χ1) is 7.54. The average molecular weight is 229 g/mol. The molecule has 0 aromatic heterocycles. The topological polar surface area (TPSA) is 112 Å². The molecule has 1 aliphatic heterocycles. The quantitative estimate of drug-likeness (QED) is 0.554. The van der Waals surface area contributed by atoms with Crippen molar-refractivity contribution in [3.63, 3.8) is 0 Å². The van der Waals surface area contributed by atoms with Crippen molar-refractivity contribution in [3.8, 4) is 0 Å². The summed E-state index contributed by atoms with van der Waals surface area (Å²) in [6.45, 7) is 1.30. The lowest BCUT2D eigenvalue weighted by Crippen LogP contribution is -2.66. The summed E-state index contributed by atoms with van der Waals surface area (Å²) in [5.74, 6) is -0.280. The number of hydrogen-bond acceptors (Lipinski definition) is 4. The fourth-order valence-electron chi connectivity index (χ4n) is 2.22. The van der Waals surface area contributed by atoms with Crippen LogP contribution in [0.15, 0.2) is 0 Å². The van der Waals surface area contributed by atoms with Gasteiger partial charge in [0.25, 0.3) is 0 Å². The third-order valence-electron chi connectivity index (χ3n) is 3.22. The highest BCUT2D eigenvalue weighted by Gasteiger charge is 2.46. The van der Waals surface area contributed by atoms with Gasteiger partial charge in [-0.25, -0.2) is 9.59 Å². The molecule has 0 aliphatic carbocycles. The Labute approximate surface area is 95.3 Å². The molecule has 6 nitrogen and oxygen atoms in total. The van der Waals surface area contributed by atoms with Crippen LogP contribution in [0.25, 0.3) is 0 Å². The van der Waals surface area contributed by atoms with E-state index in [1.54, 1.807) is 0 Å². The van der Waals surface area contributed by atoms with Gasteiger partial charge >= 0.3 is 11.9 Å². The molecule has 0 bridgehead atoms. The number of quaternary nitrogens is 1. The van der Waals surface area contributed by atoms with Crippen molar-refractivity contribution in [2.24, 2.45) is 17.2 Å². The van der Waals surface area contributed by atoms with E-state index < -0.39 is 12.1 Å². The molecule has 16 heavy (non-hydrogen) atoms. The predicted molar refractivity (Wildman–Crippen MR) is 60.1 cm³/mol. The SMILES string of the molecule is NCCC(N)C(=O)[N+]1(C(N)=O)CCCCC1. The van der Waals surface area contributed by atoms with Gasteiger partial charge < -0.3 is 17.2 Å². The smallest absolute Gasteiger partial charge is 0.330 e. The maximum absolute atomic E-state index is 12.1. The number of nitrogens with zero attached hydrogens (tertiary/aromatic N) is 1. The molecule has 92 valence electrons.